The van der Waals surface area contributed by atoms with Crippen LogP contribution in [0.3, 0.4) is 0 Å². The summed E-state index contributed by atoms with van der Waals surface area (Å²) in [6, 6.07) is 9.13. The molecule has 10 heteroatoms. The van der Waals surface area contributed by atoms with Gasteiger partial charge in [-0.3, -0.25) is 14.5 Å². The van der Waals surface area contributed by atoms with E-state index in [0.29, 0.717) is 44.8 Å². The summed E-state index contributed by atoms with van der Waals surface area (Å²) in [4.78, 5) is 27.6. The maximum absolute atomic E-state index is 13.7. The lowest BCUT2D eigenvalue weighted by Crippen LogP contribution is -2.47. The van der Waals surface area contributed by atoms with Crippen molar-refractivity contribution in [3.05, 3.63) is 59.4 Å². The first-order valence-corrected chi connectivity index (χ1v) is 10.6. The van der Waals surface area contributed by atoms with Gasteiger partial charge in [0.15, 0.2) is 0 Å². The molecule has 2 N–H and O–H groups in total. The molecule has 6 nitrogen and oxygen atoms in total. The van der Waals surface area contributed by atoms with E-state index < -0.39 is 23.5 Å². The predicted molar refractivity (Wildman–Crippen MR) is 118 cm³/mol. The lowest BCUT2D eigenvalue weighted by Gasteiger charge is -2.36. The van der Waals surface area contributed by atoms with Gasteiger partial charge in [0.25, 0.3) is 5.91 Å². The van der Waals surface area contributed by atoms with Crippen molar-refractivity contribution in [2.75, 3.05) is 49.5 Å². The van der Waals surface area contributed by atoms with Gasteiger partial charge < -0.3 is 15.5 Å². The highest BCUT2D eigenvalue weighted by atomic mass is 19.4. The van der Waals surface area contributed by atoms with Gasteiger partial charge in [-0.2, -0.15) is 13.2 Å². The fraction of sp³-hybridized carbons (Fsp3) is 0.391. The molecule has 1 fully saturated rings. The van der Waals surface area contributed by atoms with Crippen molar-refractivity contribution in [3.63, 3.8) is 0 Å². The largest absolute Gasteiger partial charge is 0.416 e. The van der Waals surface area contributed by atoms with E-state index in [1.807, 2.05) is 4.90 Å². The summed E-state index contributed by atoms with van der Waals surface area (Å²) in [5.41, 5.74) is 0.113. The number of piperazine rings is 1. The number of nitrogens with one attached hydrogen (secondary N) is 2. The maximum atomic E-state index is 13.7. The maximum Gasteiger partial charge on any atom is 0.416 e. The van der Waals surface area contributed by atoms with E-state index >= 15 is 0 Å². The molecule has 1 heterocycles. The van der Waals surface area contributed by atoms with Crippen LogP contribution in [-0.4, -0.2) is 56.0 Å². The van der Waals surface area contributed by atoms with Crippen molar-refractivity contribution >= 4 is 23.2 Å². The van der Waals surface area contributed by atoms with E-state index in [1.54, 1.807) is 6.07 Å². The zero-order valence-corrected chi connectivity index (χ0v) is 18.2. The number of carbonyl (C=O) groups is 2. The fourth-order valence-corrected chi connectivity index (χ4v) is 3.67. The predicted octanol–water partition coefficient (Wildman–Crippen LogP) is 3.75. The number of hydrogen-bond acceptors (Lipinski definition) is 4. The molecular weight excluding hydrogens is 440 g/mol. The van der Waals surface area contributed by atoms with E-state index in [-0.39, 0.29) is 17.2 Å². The summed E-state index contributed by atoms with van der Waals surface area (Å²) < 4.78 is 52.5. The Labute approximate surface area is 189 Å². The molecule has 0 atom stereocenters. The number of carbonyl (C=O) groups excluding carboxylic acids is 2. The normalized spacial score (nSPS) is 14.8. The average molecular weight is 466 g/mol. The third-order valence-electron chi connectivity index (χ3n) is 5.39. The number of amides is 2. The summed E-state index contributed by atoms with van der Waals surface area (Å²) >= 11 is 0. The first kappa shape index (κ1) is 24.5. The Bertz CT molecular complexity index is 989. The second-order valence-corrected chi connectivity index (χ2v) is 7.86. The Morgan fingerprint density at radius 3 is 2.42 bits per heavy atom. The van der Waals surface area contributed by atoms with Crippen molar-refractivity contribution in [2.45, 2.75) is 19.5 Å². The van der Waals surface area contributed by atoms with Crippen LogP contribution in [0, 0.1) is 5.82 Å². The number of alkyl halides is 3. The fourth-order valence-electron chi connectivity index (χ4n) is 3.67. The van der Waals surface area contributed by atoms with Crippen LogP contribution >= 0.6 is 0 Å². The van der Waals surface area contributed by atoms with Gasteiger partial charge in [-0.05, 0) is 49.4 Å². The Morgan fingerprint density at radius 1 is 1.03 bits per heavy atom. The molecule has 0 unspecified atom stereocenters. The molecule has 0 aromatic heterocycles. The van der Waals surface area contributed by atoms with Crippen molar-refractivity contribution < 1.29 is 27.2 Å². The van der Waals surface area contributed by atoms with Crippen molar-refractivity contribution in [1.29, 1.82) is 0 Å². The minimum atomic E-state index is -4.36. The Balaban J connectivity index is 1.41. The lowest BCUT2D eigenvalue weighted by molar-refractivity contribution is -0.137. The number of rotatable bonds is 7. The highest BCUT2D eigenvalue weighted by Crippen LogP contribution is 2.31. The van der Waals surface area contributed by atoms with Gasteiger partial charge in [0, 0.05) is 50.9 Å². The molecular formula is C23H26F4N4O2. The average Bonchev–Trinajstić information content (AvgIpc) is 2.77. The van der Waals surface area contributed by atoms with Crippen molar-refractivity contribution in [2.24, 2.45) is 0 Å². The third kappa shape index (κ3) is 6.92. The molecule has 0 bridgehead atoms. The standard InChI is InChI=1S/C23H26F4N4O2/c1-16(32)29-21-14-17(6-7-20(21)24)22(33)28-8-3-9-30-10-12-31(13-11-30)19-5-2-4-18(15-19)23(25,26)27/h2,4-7,14-15H,3,8-13H2,1H3,(H,28,33)(H,29,32). The molecule has 2 amide bonds. The SMILES string of the molecule is CC(=O)Nc1cc(C(=O)NCCCN2CCN(c3cccc(C(F)(F)F)c3)CC2)ccc1F. The number of anilines is 2. The molecule has 1 aliphatic heterocycles. The van der Waals surface area contributed by atoms with Crippen molar-refractivity contribution in [3.8, 4) is 0 Å². The topological polar surface area (TPSA) is 64.7 Å². The number of halogens is 4. The summed E-state index contributed by atoms with van der Waals surface area (Å²) in [5.74, 6) is -1.42. The van der Waals surface area contributed by atoms with Crippen LogP contribution in [0.4, 0.5) is 28.9 Å². The molecule has 0 radical (unpaired) electrons. The van der Waals surface area contributed by atoms with E-state index in [2.05, 4.69) is 15.5 Å². The van der Waals surface area contributed by atoms with Gasteiger partial charge in [0.2, 0.25) is 5.91 Å². The Morgan fingerprint density at radius 2 is 1.76 bits per heavy atom. The van der Waals surface area contributed by atoms with Crippen LogP contribution in [0.25, 0.3) is 0 Å². The highest BCUT2D eigenvalue weighted by Gasteiger charge is 2.31. The summed E-state index contributed by atoms with van der Waals surface area (Å²) in [6.45, 7) is 5.07. The summed E-state index contributed by atoms with van der Waals surface area (Å²) in [7, 11) is 0. The van der Waals surface area contributed by atoms with Crippen molar-refractivity contribution in [1.82, 2.24) is 10.2 Å². The molecule has 0 aliphatic carbocycles. The highest BCUT2D eigenvalue weighted by molar-refractivity contribution is 5.96. The van der Waals surface area contributed by atoms with Gasteiger partial charge in [0.1, 0.15) is 5.82 Å². The van der Waals surface area contributed by atoms with Gasteiger partial charge >= 0.3 is 6.18 Å². The molecule has 2 aromatic rings. The zero-order valence-electron chi connectivity index (χ0n) is 18.2. The quantitative estimate of drug-likeness (QED) is 0.482. The number of nitrogens with zero attached hydrogens (tertiary/aromatic N) is 2. The first-order chi connectivity index (χ1) is 15.6. The van der Waals surface area contributed by atoms with Gasteiger partial charge in [-0.15, -0.1) is 0 Å². The van der Waals surface area contributed by atoms with Crippen LogP contribution in [0.5, 0.6) is 0 Å². The molecule has 1 saturated heterocycles. The van der Waals surface area contributed by atoms with Crippen LogP contribution in [0.15, 0.2) is 42.5 Å². The Hall–Kier alpha value is -3.14. The molecule has 178 valence electrons. The molecule has 3 rings (SSSR count). The number of hydrogen-bond donors (Lipinski definition) is 2. The van der Waals surface area contributed by atoms with Crippen LogP contribution in [0.1, 0.15) is 29.3 Å². The number of benzene rings is 2. The van der Waals surface area contributed by atoms with Crippen LogP contribution in [0.2, 0.25) is 0 Å². The smallest absolute Gasteiger partial charge is 0.369 e. The third-order valence-corrected chi connectivity index (χ3v) is 5.39. The minimum absolute atomic E-state index is 0.0474. The Kier molecular flexibility index (Phi) is 7.91. The van der Waals surface area contributed by atoms with E-state index in [9.17, 15) is 27.2 Å². The second-order valence-electron chi connectivity index (χ2n) is 7.86. The van der Waals surface area contributed by atoms with E-state index in [4.69, 9.17) is 0 Å². The van der Waals surface area contributed by atoms with Gasteiger partial charge in [-0.25, -0.2) is 4.39 Å². The first-order valence-electron chi connectivity index (χ1n) is 10.6. The minimum Gasteiger partial charge on any atom is -0.369 e. The van der Waals surface area contributed by atoms with Crippen LogP contribution in [-0.2, 0) is 11.0 Å². The molecule has 1 aliphatic rings. The summed E-state index contributed by atoms with van der Waals surface area (Å²) in [6.07, 6.45) is -3.67. The molecule has 33 heavy (non-hydrogen) atoms. The molecule has 0 spiro atoms. The van der Waals surface area contributed by atoms with Crippen LogP contribution < -0.4 is 15.5 Å². The van der Waals surface area contributed by atoms with Gasteiger partial charge in [0.05, 0.1) is 11.3 Å². The van der Waals surface area contributed by atoms with E-state index in [1.165, 1.54) is 31.2 Å². The van der Waals surface area contributed by atoms with E-state index in [0.717, 1.165) is 18.7 Å². The zero-order chi connectivity index (χ0) is 24.0. The second kappa shape index (κ2) is 10.7. The molecule has 0 saturated carbocycles. The van der Waals surface area contributed by atoms with Gasteiger partial charge in [-0.1, -0.05) is 6.07 Å². The summed E-state index contributed by atoms with van der Waals surface area (Å²) in [5, 5.41) is 5.12. The monoisotopic (exact) mass is 466 g/mol. The lowest BCUT2D eigenvalue weighted by atomic mass is 10.1. The molecule has 2 aromatic carbocycles.